The zero-order valence-corrected chi connectivity index (χ0v) is 12.7. The lowest BCUT2D eigenvalue weighted by Gasteiger charge is -2.33. The van der Waals surface area contributed by atoms with E-state index in [-0.39, 0.29) is 6.04 Å². The molecule has 0 radical (unpaired) electrons. The van der Waals surface area contributed by atoms with Crippen LogP contribution >= 0.6 is 0 Å². The number of benzene rings is 1. The number of nitrogens with one attached hydrogen (secondary N) is 1. The van der Waals surface area contributed by atoms with E-state index >= 15 is 0 Å². The third-order valence-corrected chi connectivity index (χ3v) is 3.91. The van der Waals surface area contributed by atoms with Gasteiger partial charge in [-0.15, -0.1) is 5.10 Å². The molecule has 0 spiro atoms. The first-order valence-electron chi connectivity index (χ1n) is 7.53. The second-order valence-corrected chi connectivity index (χ2v) is 5.56. The van der Waals surface area contributed by atoms with Crippen molar-refractivity contribution in [2.75, 3.05) is 18.0 Å². The maximum atomic E-state index is 13.7. The Kier molecular flexibility index (Phi) is 4.64. The van der Waals surface area contributed by atoms with E-state index in [1.54, 1.807) is 18.3 Å². The Morgan fingerprint density at radius 1 is 1.21 bits per heavy atom. The first-order chi connectivity index (χ1) is 11.6. The molecule has 24 heavy (non-hydrogen) atoms. The number of aromatic nitrogens is 2. The molecule has 1 aromatic carbocycles. The number of hydrogen-bond donors (Lipinski definition) is 1. The minimum Gasteiger partial charge on any atom is -0.353 e. The maximum absolute atomic E-state index is 13.7. The first kappa shape index (κ1) is 16.2. The van der Waals surface area contributed by atoms with Crippen LogP contribution in [0.25, 0.3) is 0 Å². The lowest BCUT2D eigenvalue weighted by atomic mass is 10.0. The van der Waals surface area contributed by atoms with Crippen molar-refractivity contribution in [2.24, 2.45) is 0 Å². The molecule has 2 aromatic rings. The average Bonchev–Trinajstić information content (AvgIpc) is 2.59. The summed E-state index contributed by atoms with van der Waals surface area (Å²) in [5.41, 5.74) is -0.897. The number of halogens is 3. The number of hydrogen-bond acceptors (Lipinski definition) is 4. The van der Waals surface area contributed by atoms with Gasteiger partial charge in [0.2, 0.25) is 0 Å². The Labute approximate surface area is 136 Å². The van der Waals surface area contributed by atoms with Gasteiger partial charge in [-0.1, -0.05) is 0 Å². The Bertz CT molecular complexity index is 742. The summed E-state index contributed by atoms with van der Waals surface area (Å²) in [7, 11) is 0. The van der Waals surface area contributed by atoms with Crippen LogP contribution in [0.1, 0.15) is 23.2 Å². The highest BCUT2D eigenvalue weighted by molar-refractivity contribution is 5.95. The Morgan fingerprint density at radius 3 is 2.75 bits per heavy atom. The Balaban J connectivity index is 1.72. The van der Waals surface area contributed by atoms with Crippen molar-refractivity contribution in [1.29, 1.82) is 0 Å². The fourth-order valence-electron chi connectivity index (χ4n) is 2.76. The van der Waals surface area contributed by atoms with Crippen LogP contribution in [0.4, 0.5) is 19.0 Å². The molecule has 1 amide bonds. The molecule has 1 aromatic heterocycles. The first-order valence-corrected chi connectivity index (χ1v) is 7.53. The summed E-state index contributed by atoms with van der Waals surface area (Å²) in [6.45, 7) is 1.18. The molecule has 0 aliphatic carbocycles. The van der Waals surface area contributed by atoms with Crippen molar-refractivity contribution in [3.05, 3.63) is 53.5 Å². The minimum absolute atomic E-state index is 0.324. The monoisotopic (exact) mass is 336 g/mol. The smallest absolute Gasteiger partial charge is 0.257 e. The summed E-state index contributed by atoms with van der Waals surface area (Å²) in [5.74, 6) is -4.12. The average molecular weight is 336 g/mol. The highest BCUT2D eigenvalue weighted by atomic mass is 19.2. The summed E-state index contributed by atoms with van der Waals surface area (Å²) in [6.07, 6.45) is 2.99. The van der Waals surface area contributed by atoms with E-state index in [2.05, 4.69) is 15.5 Å². The molecular formula is C16H15F3N4O. The quantitative estimate of drug-likeness (QED) is 0.874. The van der Waals surface area contributed by atoms with Gasteiger partial charge < -0.3 is 10.2 Å². The molecule has 1 N–H and O–H groups in total. The maximum Gasteiger partial charge on any atom is 0.257 e. The van der Waals surface area contributed by atoms with Crippen molar-refractivity contribution >= 4 is 11.7 Å². The summed E-state index contributed by atoms with van der Waals surface area (Å²) in [6, 6.07) is 4.61. The topological polar surface area (TPSA) is 58.1 Å². The summed E-state index contributed by atoms with van der Waals surface area (Å²) < 4.78 is 40.6. The van der Waals surface area contributed by atoms with Crippen molar-refractivity contribution in [2.45, 2.75) is 18.9 Å². The molecule has 1 fully saturated rings. The van der Waals surface area contributed by atoms with Gasteiger partial charge in [-0.25, -0.2) is 13.2 Å². The van der Waals surface area contributed by atoms with Crippen LogP contribution in [-0.4, -0.2) is 35.2 Å². The second kappa shape index (κ2) is 6.86. The molecule has 5 nitrogen and oxygen atoms in total. The summed E-state index contributed by atoms with van der Waals surface area (Å²) >= 11 is 0. The third kappa shape index (κ3) is 3.32. The molecule has 3 rings (SSSR count). The van der Waals surface area contributed by atoms with E-state index in [9.17, 15) is 18.0 Å². The predicted molar refractivity (Wildman–Crippen MR) is 81.0 cm³/mol. The fourth-order valence-corrected chi connectivity index (χ4v) is 2.76. The second-order valence-electron chi connectivity index (χ2n) is 5.56. The van der Waals surface area contributed by atoms with Gasteiger partial charge in [0.25, 0.3) is 5.91 Å². The summed E-state index contributed by atoms with van der Waals surface area (Å²) in [5, 5.41) is 10.4. The number of piperidine rings is 1. The number of carbonyl (C=O) groups is 1. The van der Waals surface area contributed by atoms with Crippen LogP contribution in [0.2, 0.25) is 0 Å². The minimum atomic E-state index is -1.48. The SMILES string of the molecule is O=C(NC1CCCN(c2cccnn2)C1)c1c(F)ccc(F)c1F. The van der Waals surface area contributed by atoms with E-state index in [1.807, 2.05) is 4.90 Å². The van der Waals surface area contributed by atoms with Crippen molar-refractivity contribution in [3.8, 4) is 0 Å². The molecule has 1 aliphatic heterocycles. The lowest BCUT2D eigenvalue weighted by molar-refractivity contribution is 0.0923. The van der Waals surface area contributed by atoms with E-state index in [0.29, 0.717) is 24.8 Å². The van der Waals surface area contributed by atoms with E-state index in [0.717, 1.165) is 19.0 Å². The van der Waals surface area contributed by atoms with Gasteiger partial charge in [0.05, 0.1) is 0 Å². The van der Waals surface area contributed by atoms with Gasteiger partial charge in [-0.3, -0.25) is 4.79 Å². The van der Waals surface area contributed by atoms with Crippen LogP contribution in [0.3, 0.4) is 0 Å². The van der Waals surface area contributed by atoms with Gasteiger partial charge >= 0.3 is 0 Å². The van der Waals surface area contributed by atoms with E-state index in [4.69, 9.17) is 0 Å². The van der Waals surface area contributed by atoms with Gasteiger partial charge in [0.15, 0.2) is 17.5 Å². The van der Waals surface area contributed by atoms with Crippen LogP contribution < -0.4 is 10.2 Å². The van der Waals surface area contributed by atoms with Crippen LogP contribution in [0, 0.1) is 17.5 Å². The highest BCUT2D eigenvalue weighted by Gasteiger charge is 2.26. The molecule has 0 saturated carbocycles. The molecule has 1 atom stereocenters. The molecule has 0 bridgehead atoms. The Morgan fingerprint density at radius 2 is 2.00 bits per heavy atom. The lowest BCUT2D eigenvalue weighted by Crippen LogP contribution is -2.48. The highest BCUT2D eigenvalue weighted by Crippen LogP contribution is 2.19. The Hall–Kier alpha value is -2.64. The number of amides is 1. The largest absolute Gasteiger partial charge is 0.353 e. The third-order valence-electron chi connectivity index (χ3n) is 3.91. The summed E-state index contributed by atoms with van der Waals surface area (Å²) in [4.78, 5) is 14.1. The molecule has 126 valence electrons. The van der Waals surface area contributed by atoms with Gasteiger partial charge in [0.1, 0.15) is 11.4 Å². The molecule has 1 saturated heterocycles. The van der Waals surface area contributed by atoms with Crippen LogP contribution in [0.15, 0.2) is 30.5 Å². The normalized spacial score (nSPS) is 17.6. The number of rotatable bonds is 3. The van der Waals surface area contributed by atoms with E-state index in [1.165, 1.54) is 0 Å². The van der Waals surface area contributed by atoms with Gasteiger partial charge in [-0.2, -0.15) is 5.10 Å². The number of nitrogens with zero attached hydrogens (tertiary/aromatic N) is 3. The van der Waals surface area contributed by atoms with Gasteiger partial charge in [0, 0.05) is 25.3 Å². The zero-order chi connectivity index (χ0) is 17.1. The van der Waals surface area contributed by atoms with E-state index < -0.39 is 28.9 Å². The number of carbonyl (C=O) groups excluding carboxylic acids is 1. The molecular weight excluding hydrogens is 321 g/mol. The molecule has 8 heteroatoms. The van der Waals surface area contributed by atoms with Crippen molar-refractivity contribution in [1.82, 2.24) is 15.5 Å². The standard InChI is InChI=1S/C16H15F3N4O/c17-11-5-6-12(18)15(19)14(11)16(24)21-10-3-2-8-23(9-10)13-4-1-7-20-22-13/h1,4-7,10H,2-3,8-9H2,(H,21,24). The van der Waals surface area contributed by atoms with Crippen LogP contribution in [-0.2, 0) is 0 Å². The van der Waals surface area contributed by atoms with Crippen molar-refractivity contribution in [3.63, 3.8) is 0 Å². The molecule has 1 aliphatic rings. The number of anilines is 1. The van der Waals surface area contributed by atoms with Crippen molar-refractivity contribution < 1.29 is 18.0 Å². The fraction of sp³-hybridized carbons (Fsp3) is 0.312. The molecule has 1 unspecified atom stereocenters. The van der Waals surface area contributed by atoms with Crippen LogP contribution in [0.5, 0.6) is 0 Å². The predicted octanol–water partition coefficient (Wildman–Crippen LogP) is 2.29. The van der Waals surface area contributed by atoms with Gasteiger partial charge in [-0.05, 0) is 37.1 Å². The molecule has 2 heterocycles. The zero-order valence-electron chi connectivity index (χ0n) is 12.7.